The third kappa shape index (κ3) is 2.96. The fourth-order valence-electron chi connectivity index (χ4n) is 2.13. The van der Waals surface area contributed by atoms with Gasteiger partial charge in [-0.15, -0.1) is 0 Å². The van der Waals surface area contributed by atoms with Crippen LogP contribution in [0.25, 0.3) is 0 Å². The molecule has 0 saturated heterocycles. The van der Waals surface area contributed by atoms with Crippen molar-refractivity contribution in [3.05, 3.63) is 63.2 Å². The molecular weight excluding hydrogens is 258 g/mol. The molecule has 2 aromatic carbocycles. The number of nitrogens with zero attached hydrogens (tertiary/aromatic N) is 1. The van der Waals surface area contributed by atoms with Crippen LogP contribution in [0.3, 0.4) is 0 Å². The molecule has 0 aliphatic heterocycles. The van der Waals surface area contributed by atoms with E-state index in [0.717, 1.165) is 16.0 Å². The predicted octanol–water partition coefficient (Wildman–Crippen LogP) is 4.67. The van der Waals surface area contributed by atoms with Gasteiger partial charge in [0.1, 0.15) is 0 Å². The van der Waals surface area contributed by atoms with Gasteiger partial charge in [0.25, 0.3) is 5.69 Å². The van der Waals surface area contributed by atoms with E-state index in [1.807, 2.05) is 19.9 Å². The van der Waals surface area contributed by atoms with Crippen LogP contribution in [0.4, 0.5) is 5.69 Å². The Morgan fingerprint density at radius 2 is 1.63 bits per heavy atom. The molecule has 2 aromatic rings. The Balaban J connectivity index is 2.45. The number of nitro benzene ring substituents is 1. The smallest absolute Gasteiger partial charge is 0.258 e. The fraction of sp³-hybridized carbons (Fsp3) is 0.200. The molecule has 0 bridgehead atoms. The predicted molar refractivity (Wildman–Crippen MR) is 77.9 cm³/mol. The maximum absolute atomic E-state index is 11.0. The summed E-state index contributed by atoms with van der Waals surface area (Å²) in [5.74, 6) is 0. The molecule has 98 valence electrons. The molecule has 0 N–H and O–H groups in total. The molecule has 19 heavy (non-hydrogen) atoms. The Labute approximate surface area is 116 Å². The lowest BCUT2D eigenvalue weighted by Crippen LogP contribution is -1.92. The molecule has 0 fully saturated rings. The normalized spacial score (nSPS) is 10.5. The van der Waals surface area contributed by atoms with Crippen LogP contribution in [0.2, 0.25) is 0 Å². The third-order valence-electron chi connectivity index (χ3n) is 2.88. The molecule has 3 nitrogen and oxygen atoms in total. The van der Waals surface area contributed by atoms with Gasteiger partial charge in [0.2, 0.25) is 0 Å². The van der Waals surface area contributed by atoms with Gasteiger partial charge in [-0.3, -0.25) is 10.1 Å². The van der Waals surface area contributed by atoms with Crippen molar-refractivity contribution in [1.29, 1.82) is 0 Å². The summed E-state index contributed by atoms with van der Waals surface area (Å²) in [5.41, 5.74) is 3.68. The highest BCUT2D eigenvalue weighted by Gasteiger charge is 2.15. The van der Waals surface area contributed by atoms with Gasteiger partial charge in [-0.05, 0) is 38.0 Å². The first kappa shape index (κ1) is 13.6. The Hall–Kier alpha value is -1.81. The number of benzene rings is 2. The zero-order valence-electron chi connectivity index (χ0n) is 11.1. The van der Waals surface area contributed by atoms with E-state index in [-0.39, 0.29) is 10.6 Å². The van der Waals surface area contributed by atoms with Crippen molar-refractivity contribution in [1.82, 2.24) is 0 Å². The largest absolute Gasteiger partial charge is 0.283 e. The average molecular weight is 273 g/mol. The molecule has 0 saturated carbocycles. The first-order chi connectivity index (χ1) is 8.99. The Bertz CT molecular complexity index is 615. The Morgan fingerprint density at radius 1 is 1.05 bits per heavy atom. The second kappa shape index (κ2) is 5.45. The maximum Gasteiger partial charge on any atom is 0.283 e. The van der Waals surface area contributed by atoms with Gasteiger partial charge in [0.15, 0.2) is 0 Å². The number of nitro groups is 1. The van der Waals surface area contributed by atoms with Crippen molar-refractivity contribution < 1.29 is 4.92 Å². The summed E-state index contributed by atoms with van der Waals surface area (Å²) in [4.78, 5) is 12.5. The van der Waals surface area contributed by atoms with Gasteiger partial charge in [0.05, 0.1) is 9.82 Å². The second-order valence-corrected chi connectivity index (χ2v) is 5.61. The lowest BCUT2D eigenvalue weighted by atomic mass is 10.1. The van der Waals surface area contributed by atoms with Crippen LogP contribution in [0, 0.1) is 30.9 Å². The minimum Gasteiger partial charge on any atom is -0.258 e. The highest BCUT2D eigenvalue weighted by Crippen LogP contribution is 2.38. The Kier molecular flexibility index (Phi) is 3.90. The molecule has 0 aliphatic carbocycles. The van der Waals surface area contributed by atoms with E-state index in [1.54, 1.807) is 18.2 Å². The molecule has 0 radical (unpaired) electrons. The fourth-order valence-corrected chi connectivity index (χ4v) is 3.19. The number of rotatable bonds is 3. The quantitative estimate of drug-likeness (QED) is 0.603. The number of hydrogen-bond acceptors (Lipinski definition) is 3. The van der Waals surface area contributed by atoms with E-state index in [2.05, 4.69) is 19.1 Å². The molecule has 0 spiro atoms. The second-order valence-electron chi connectivity index (χ2n) is 4.55. The van der Waals surface area contributed by atoms with Gasteiger partial charge in [-0.2, -0.15) is 0 Å². The summed E-state index contributed by atoms with van der Waals surface area (Å²) in [6, 6.07) is 11.1. The van der Waals surface area contributed by atoms with Crippen LogP contribution in [0.1, 0.15) is 16.7 Å². The lowest BCUT2D eigenvalue weighted by Gasteiger charge is -2.10. The van der Waals surface area contributed by atoms with Crippen molar-refractivity contribution in [2.45, 2.75) is 30.6 Å². The zero-order chi connectivity index (χ0) is 14.0. The Morgan fingerprint density at radius 3 is 2.21 bits per heavy atom. The minimum absolute atomic E-state index is 0.159. The molecule has 0 atom stereocenters. The highest BCUT2D eigenvalue weighted by atomic mass is 32.2. The summed E-state index contributed by atoms with van der Waals surface area (Å²) in [6.07, 6.45) is 0. The first-order valence-electron chi connectivity index (χ1n) is 5.98. The average Bonchev–Trinajstić information content (AvgIpc) is 2.34. The summed E-state index contributed by atoms with van der Waals surface area (Å²) >= 11 is 1.46. The highest BCUT2D eigenvalue weighted by molar-refractivity contribution is 7.99. The third-order valence-corrected chi connectivity index (χ3v) is 4.29. The van der Waals surface area contributed by atoms with E-state index < -0.39 is 0 Å². The van der Waals surface area contributed by atoms with Gasteiger partial charge in [-0.1, -0.05) is 41.6 Å². The van der Waals surface area contributed by atoms with Crippen LogP contribution >= 0.6 is 11.8 Å². The number of aryl methyl sites for hydroxylation is 3. The number of hydrogen-bond donors (Lipinski definition) is 0. The van der Waals surface area contributed by atoms with E-state index >= 15 is 0 Å². The van der Waals surface area contributed by atoms with Gasteiger partial charge >= 0.3 is 0 Å². The van der Waals surface area contributed by atoms with Crippen molar-refractivity contribution in [2.24, 2.45) is 0 Å². The zero-order valence-corrected chi connectivity index (χ0v) is 12.0. The van der Waals surface area contributed by atoms with Gasteiger partial charge in [-0.25, -0.2) is 0 Å². The van der Waals surface area contributed by atoms with E-state index in [0.29, 0.717) is 4.90 Å². The first-order valence-corrected chi connectivity index (χ1v) is 6.80. The molecule has 2 rings (SSSR count). The maximum atomic E-state index is 11.0. The van der Waals surface area contributed by atoms with Gasteiger partial charge < -0.3 is 0 Å². The topological polar surface area (TPSA) is 43.1 Å². The van der Waals surface area contributed by atoms with Crippen molar-refractivity contribution in [3.63, 3.8) is 0 Å². The molecule has 0 heterocycles. The van der Waals surface area contributed by atoms with Crippen molar-refractivity contribution in [3.8, 4) is 0 Å². The summed E-state index contributed by atoms with van der Waals surface area (Å²) in [7, 11) is 0. The van der Waals surface area contributed by atoms with E-state index in [4.69, 9.17) is 0 Å². The van der Waals surface area contributed by atoms with Gasteiger partial charge in [0, 0.05) is 11.0 Å². The molecule has 4 heteroatoms. The molecule has 0 amide bonds. The molecule has 0 aromatic heterocycles. The van der Waals surface area contributed by atoms with Crippen LogP contribution in [0.15, 0.2) is 46.2 Å². The summed E-state index contributed by atoms with van der Waals surface area (Å²) in [5, 5.41) is 11.0. The SMILES string of the molecule is Cc1cc(C)c(Sc2ccccc2[N+](=O)[O-])c(C)c1. The van der Waals surface area contributed by atoms with Crippen LogP contribution in [0.5, 0.6) is 0 Å². The lowest BCUT2D eigenvalue weighted by molar-refractivity contribution is -0.387. The minimum atomic E-state index is -0.332. The summed E-state index contributed by atoms with van der Waals surface area (Å²) < 4.78 is 0. The van der Waals surface area contributed by atoms with Crippen molar-refractivity contribution >= 4 is 17.4 Å². The summed E-state index contributed by atoms with van der Waals surface area (Å²) in [6.45, 7) is 6.13. The molecular formula is C15H15NO2S. The van der Waals surface area contributed by atoms with Crippen LogP contribution in [-0.4, -0.2) is 4.92 Å². The van der Waals surface area contributed by atoms with E-state index in [9.17, 15) is 10.1 Å². The standard InChI is InChI=1S/C15H15NO2S/c1-10-8-11(2)15(12(3)9-10)19-14-7-5-4-6-13(14)16(17)18/h4-9H,1-3H3. The number of para-hydroxylation sites is 1. The van der Waals surface area contributed by atoms with E-state index in [1.165, 1.54) is 17.3 Å². The van der Waals surface area contributed by atoms with Crippen LogP contribution < -0.4 is 0 Å². The molecule has 0 unspecified atom stereocenters. The monoisotopic (exact) mass is 273 g/mol. The molecule has 0 aliphatic rings. The van der Waals surface area contributed by atoms with Crippen molar-refractivity contribution in [2.75, 3.05) is 0 Å². The van der Waals surface area contributed by atoms with Crippen LogP contribution in [-0.2, 0) is 0 Å².